The van der Waals surface area contributed by atoms with Gasteiger partial charge in [-0.05, 0) is 38.7 Å². The lowest BCUT2D eigenvalue weighted by Crippen LogP contribution is -2.31. The highest BCUT2D eigenvalue weighted by Crippen LogP contribution is 2.40. The molecule has 21 heavy (non-hydrogen) atoms. The summed E-state index contributed by atoms with van der Waals surface area (Å²) in [7, 11) is 0. The molecule has 4 nitrogen and oxygen atoms in total. The van der Waals surface area contributed by atoms with Gasteiger partial charge in [-0.1, -0.05) is 19.8 Å². The van der Waals surface area contributed by atoms with E-state index in [9.17, 15) is 0 Å². The molecule has 2 aromatic rings. The molecule has 0 aliphatic rings. The van der Waals surface area contributed by atoms with Gasteiger partial charge in [0.2, 0.25) is 0 Å². The first-order valence-electron chi connectivity index (χ1n) is 7.48. The molecule has 0 aliphatic heterocycles. The minimum Gasteiger partial charge on any atom is -0.382 e. The smallest absolute Gasteiger partial charge is 0.148 e. The SMILES string of the molecule is CCCCCN(c1snc(N)c1-c1csc(C)n1)C(C)C. The molecule has 6 heteroatoms. The number of unbranched alkanes of at least 4 members (excludes halogenated alkanes) is 2. The quantitative estimate of drug-likeness (QED) is 0.758. The van der Waals surface area contributed by atoms with Crippen LogP contribution in [0.15, 0.2) is 5.38 Å². The second kappa shape index (κ2) is 7.22. The van der Waals surface area contributed by atoms with Crippen LogP contribution in [0.4, 0.5) is 10.8 Å². The highest BCUT2D eigenvalue weighted by Gasteiger charge is 2.22. The van der Waals surface area contributed by atoms with Gasteiger partial charge < -0.3 is 10.6 Å². The van der Waals surface area contributed by atoms with Gasteiger partial charge in [-0.2, -0.15) is 4.37 Å². The average Bonchev–Trinajstić information content (AvgIpc) is 3.00. The zero-order valence-electron chi connectivity index (χ0n) is 13.2. The zero-order valence-corrected chi connectivity index (χ0v) is 14.9. The van der Waals surface area contributed by atoms with Crippen LogP contribution in [0.5, 0.6) is 0 Å². The second-order valence-electron chi connectivity index (χ2n) is 5.49. The third-order valence-corrected chi connectivity index (χ3v) is 5.14. The van der Waals surface area contributed by atoms with Crippen LogP contribution < -0.4 is 10.6 Å². The van der Waals surface area contributed by atoms with Gasteiger partial charge in [0.25, 0.3) is 0 Å². The summed E-state index contributed by atoms with van der Waals surface area (Å²) in [5, 5.41) is 4.29. The Morgan fingerprint density at radius 3 is 2.67 bits per heavy atom. The molecule has 0 atom stereocenters. The number of anilines is 2. The maximum absolute atomic E-state index is 6.11. The van der Waals surface area contributed by atoms with E-state index in [1.54, 1.807) is 11.3 Å². The van der Waals surface area contributed by atoms with E-state index in [0.717, 1.165) is 27.8 Å². The molecule has 0 aliphatic carbocycles. The summed E-state index contributed by atoms with van der Waals surface area (Å²) < 4.78 is 4.38. The first-order chi connectivity index (χ1) is 10.0. The van der Waals surface area contributed by atoms with Crippen LogP contribution >= 0.6 is 22.9 Å². The number of thiazole rings is 1. The van der Waals surface area contributed by atoms with Crippen molar-refractivity contribution < 1.29 is 0 Å². The molecule has 0 spiro atoms. The summed E-state index contributed by atoms with van der Waals surface area (Å²) in [6, 6.07) is 0.431. The molecule has 0 radical (unpaired) electrons. The van der Waals surface area contributed by atoms with Crippen molar-refractivity contribution in [3.8, 4) is 11.3 Å². The number of nitrogen functional groups attached to an aromatic ring is 1. The summed E-state index contributed by atoms with van der Waals surface area (Å²) in [5.41, 5.74) is 8.08. The Hall–Kier alpha value is -1.14. The zero-order chi connectivity index (χ0) is 15.4. The van der Waals surface area contributed by atoms with E-state index in [-0.39, 0.29) is 0 Å². The first kappa shape index (κ1) is 16.2. The van der Waals surface area contributed by atoms with Crippen LogP contribution in [-0.4, -0.2) is 21.9 Å². The molecule has 2 rings (SSSR count). The highest BCUT2D eigenvalue weighted by molar-refractivity contribution is 7.11. The molecular weight excluding hydrogens is 300 g/mol. The third-order valence-electron chi connectivity index (χ3n) is 3.46. The fourth-order valence-corrected chi connectivity index (χ4v) is 3.92. The van der Waals surface area contributed by atoms with Gasteiger partial charge in [0.1, 0.15) is 10.8 Å². The van der Waals surface area contributed by atoms with Crippen LogP contribution in [0.3, 0.4) is 0 Å². The molecular formula is C15H24N4S2. The Morgan fingerprint density at radius 2 is 2.10 bits per heavy atom. The van der Waals surface area contributed by atoms with E-state index in [4.69, 9.17) is 5.73 Å². The molecule has 2 aromatic heterocycles. The molecule has 0 bridgehead atoms. The molecule has 2 N–H and O–H groups in total. The number of hydrogen-bond acceptors (Lipinski definition) is 6. The van der Waals surface area contributed by atoms with Crippen molar-refractivity contribution in [3.63, 3.8) is 0 Å². The van der Waals surface area contributed by atoms with E-state index >= 15 is 0 Å². The molecule has 0 unspecified atom stereocenters. The van der Waals surface area contributed by atoms with Crippen LogP contribution in [0.25, 0.3) is 11.3 Å². The fraction of sp³-hybridized carbons (Fsp3) is 0.600. The Balaban J connectivity index is 2.33. The van der Waals surface area contributed by atoms with Crippen molar-refractivity contribution >= 4 is 33.7 Å². The number of aromatic nitrogens is 2. The third kappa shape index (κ3) is 3.74. The van der Waals surface area contributed by atoms with Gasteiger partial charge in [-0.15, -0.1) is 11.3 Å². The summed E-state index contributed by atoms with van der Waals surface area (Å²) in [6.07, 6.45) is 3.68. The Labute approximate surface area is 135 Å². The van der Waals surface area contributed by atoms with E-state index in [2.05, 4.69) is 40.4 Å². The topological polar surface area (TPSA) is 55.0 Å². The van der Waals surface area contributed by atoms with Crippen molar-refractivity contribution in [1.82, 2.24) is 9.36 Å². The minimum absolute atomic E-state index is 0.431. The predicted molar refractivity (Wildman–Crippen MR) is 94.4 cm³/mol. The van der Waals surface area contributed by atoms with Crippen LogP contribution in [0, 0.1) is 6.92 Å². The second-order valence-corrected chi connectivity index (χ2v) is 7.31. The summed E-state index contributed by atoms with van der Waals surface area (Å²) in [6.45, 7) is 9.73. The van der Waals surface area contributed by atoms with Crippen molar-refractivity contribution in [2.24, 2.45) is 0 Å². The standard InChI is InChI=1S/C15H24N4S2/c1-5-6-7-8-19(10(2)3)15-13(14(16)18-21-15)12-9-20-11(4)17-12/h9-10H,5-8H2,1-4H3,(H2,16,18). The van der Waals surface area contributed by atoms with Gasteiger partial charge in [0.05, 0.1) is 16.3 Å². The van der Waals surface area contributed by atoms with Crippen LogP contribution in [-0.2, 0) is 0 Å². The van der Waals surface area contributed by atoms with Crippen molar-refractivity contribution in [2.75, 3.05) is 17.2 Å². The van der Waals surface area contributed by atoms with Gasteiger partial charge in [-0.3, -0.25) is 0 Å². The molecule has 0 fully saturated rings. The van der Waals surface area contributed by atoms with Gasteiger partial charge in [0, 0.05) is 18.0 Å². The van der Waals surface area contributed by atoms with Crippen molar-refractivity contribution in [2.45, 2.75) is 53.0 Å². The number of rotatable bonds is 7. The lowest BCUT2D eigenvalue weighted by atomic mass is 10.2. The monoisotopic (exact) mass is 324 g/mol. The molecule has 0 aromatic carbocycles. The van der Waals surface area contributed by atoms with Crippen LogP contribution in [0.2, 0.25) is 0 Å². The fourth-order valence-electron chi connectivity index (χ4n) is 2.33. The van der Waals surface area contributed by atoms with E-state index in [1.165, 1.54) is 30.8 Å². The maximum Gasteiger partial charge on any atom is 0.148 e. The van der Waals surface area contributed by atoms with Gasteiger partial charge in [0.15, 0.2) is 0 Å². The van der Waals surface area contributed by atoms with Crippen molar-refractivity contribution in [3.05, 3.63) is 10.4 Å². The predicted octanol–water partition coefficient (Wildman–Crippen LogP) is 4.56. The maximum atomic E-state index is 6.11. The molecule has 0 amide bonds. The van der Waals surface area contributed by atoms with E-state index in [0.29, 0.717) is 11.9 Å². The molecule has 0 saturated heterocycles. The Bertz CT molecular complexity index is 574. The van der Waals surface area contributed by atoms with Crippen LogP contribution in [0.1, 0.15) is 45.0 Å². The Morgan fingerprint density at radius 1 is 1.33 bits per heavy atom. The molecule has 2 heterocycles. The number of hydrogen-bond donors (Lipinski definition) is 1. The minimum atomic E-state index is 0.431. The van der Waals surface area contributed by atoms with Gasteiger partial charge >= 0.3 is 0 Å². The summed E-state index contributed by atoms with van der Waals surface area (Å²) in [4.78, 5) is 7.00. The lowest BCUT2D eigenvalue weighted by molar-refractivity contribution is 0.630. The van der Waals surface area contributed by atoms with E-state index in [1.807, 2.05) is 6.92 Å². The molecule has 0 saturated carbocycles. The highest BCUT2D eigenvalue weighted by atomic mass is 32.1. The summed E-state index contributed by atoms with van der Waals surface area (Å²) >= 11 is 3.14. The van der Waals surface area contributed by atoms with E-state index < -0.39 is 0 Å². The van der Waals surface area contributed by atoms with Gasteiger partial charge in [-0.25, -0.2) is 4.98 Å². The summed E-state index contributed by atoms with van der Waals surface area (Å²) in [5.74, 6) is 0.599. The van der Waals surface area contributed by atoms with Crippen molar-refractivity contribution in [1.29, 1.82) is 0 Å². The lowest BCUT2D eigenvalue weighted by Gasteiger charge is -2.28. The average molecular weight is 325 g/mol. The molecule has 116 valence electrons. The normalized spacial score (nSPS) is 11.3. The Kier molecular flexibility index (Phi) is 5.58. The number of nitrogens with zero attached hydrogens (tertiary/aromatic N) is 3. The number of nitrogens with two attached hydrogens (primary N) is 1. The first-order valence-corrected chi connectivity index (χ1v) is 9.14. The largest absolute Gasteiger partial charge is 0.382 e. The number of aryl methyl sites for hydroxylation is 1.